The highest BCUT2D eigenvalue weighted by atomic mass is 16.5. The number of piperidine rings is 2. The van der Waals surface area contributed by atoms with Crippen molar-refractivity contribution in [3.05, 3.63) is 192 Å². The molecule has 0 spiro atoms. The largest absolute Gasteiger partial charge is 0.457 e. The molecule has 8 rings (SSSR count). The average Bonchev–Trinajstić information content (AvgIpc) is 3.30. The molecule has 0 radical (unpaired) electrons. The van der Waals surface area contributed by atoms with Gasteiger partial charge in [0, 0.05) is 37.8 Å². The monoisotopic (exact) mass is 804 g/mol. The Morgan fingerprint density at radius 3 is 1.27 bits per heavy atom. The Balaban J connectivity index is 0.000000181. The van der Waals surface area contributed by atoms with Crippen LogP contribution in [0.3, 0.4) is 0 Å². The number of hydrogen-bond acceptors (Lipinski definition) is 8. The quantitative estimate of drug-likeness (QED) is 0.105. The van der Waals surface area contributed by atoms with Crippen LogP contribution in [-0.4, -0.2) is 69.2 Å². The summed E-state index contributed by atoms with van der Waals surface area (Å²) in [5.41, 5.74) is 1.89. The van der Waals surface area contributed by atoms with Crippen molar-refractivity contribution < 1.29 is 29.6 Å². The Kier molecular flexibility index (Phi) is 13.9. The molecule has 6 aromatic carbocycles. The zero-order valence-electron chi connectivity index (χ0n) is 34.5. The van der Waals surface area contributed by atoms with E-state index in [0.29, 0.717) is 50.1 Å². The molecule has 0 amide bonds. The third kappa shape index (κ3) is 10.6. The van der Waals surface area contributed by atoms with Crippen molar-refractivity contribution in [2.75, 3.05) is 26.2 Å². The number of ketones is 1. The van der Waals surface area contributed by atoms with Gasteiger partial charge in [0.2, 0.25) is 0 Å². The number of carbonyl (C=O) groups excluding carboxylic acids is 1. The summed E-state index contributed by atoms with van der Waals surface area (Å²) < 4.78 is 11.6. The Bertz CT molecular complexity index is 2200. The van der Waals surface area contributed by atoms with E-state index in [1.165, 1.54) is 0 Å². The first-order valence-electron chi connectivity index (χ1n) is 21.0. The van der Waals surface area contributed by atoms with Gasteiger partial charge >= 0.3 is 0 Å². The first-order chi connectivity index (χ1) is 29.1. The minimum atomic E-state index is -0.809. The van der Waals surface area contributed by atoms with Crippen LogP contribution in [-0.2, 0) is 11.2 Å². The summed E-state index contributed by atoms with van der Waals surface area (Å²) in [5, 5.41) is 33.0. The third-order valence-corrected chi connectivity index (χ3v) is 12.2. The molecule has 0 bridgehead atoms. The van der Waals surface area contributed by atoms with Crippen LogP contribution in [0, 0.1) is 0 Å². The molecule has 60 heavy (non-hydrogen) atoms. The standard InChI is InChI=1S/C26H29NO3.C26H27NO3/c2*1-20(27-18-16-26(29,17-19-27)22-8-4-2-5-9-22)25(28)21-12-14-24(15-13-21)30-23-10-6-3-7-11-23/h2-15,20,25,28-29H,16-19H2,1H3;2-15,20,29H,16-19H2,1H3/t20-,25+;/m0./s1. The van der Waals surface area contributed by atoms with Crippen molar-refractivity contribution in [2.24, 2.45) is 0 Å². The van der Waals surface area contributed by atoms with Crippen LogP contribution in [0.4, 0.5) is 0 Å². The second-order valence-electron chi connectivity index (χ2n) is 16.0. The number of benzene rings is 6. The van der Waals surface area contributed by atoms with Gasteiger partial charge in [-0.25, -0.2) is 0 Å². The molecular weight excluding hydrogens is 749 g/mol. The van der Waals surface area contributed by atoms with Crippen molar-refractivity contribution in [2.45, 2.75) is 68.9 Å². The molecule has 2 fully saturated rings. The molecule has 0 aromatic heterocycles. The number of likely N-dealkylation sites (tertiary alicyclic amines) is 2. The van der Waals surface area contributed by atoms with Crippen molar-refractivity contribution >= 4 is 5.78 Å². The van der Waals surface area contributed by atoms with E-state index in [1.807, 2.05) is 184 Å². The number of para-hydroxylation sites is 2. The number of rotatable bonds is 12. The third-order valence-electron chi connectivity index (χ3n) is 12.2. The smallest absolute Gasteiger partial charge is 0.179 e. The first-order valence-corrected chi connectivity index (χ1v) is 21.0. The fraction of sp³-hybridized carbons (Fsp3) is 0.288. The van der Waals surface area contributed by atoms with Crippen LogP contribution < -0.4 is 9.47 Å². The molecule has 6 aromatic rings. The van der Waals surface area contributed by atoms with Gasteiger partial charge in [-0.15, -0.1) is 0 Å². The lowest BCUT2D eigenvalue weighted by Crippen LogP contribution is -2.48. The van der Waals surface area contributed by atoms with Crippen molar-refractivity contribution in [1.29, 1.82) is 0 Å². The van der Waals surface area contributed by atoms with Crippen LogP contribution in [0.15, 0.2) is 170 Å². The van der Waals surface area contributed by atoms with Crippen LogP contribution in [0.25, 0.3) is 0 Å². The van der Waals surface area contributed by atoms with Gasteiger partial charge in [-0.1, -0.05) is 109 Å². The zero-order valence-corrected chi connectivity index (χ0v) is 34.5. The van der Waals surface area contributed by atoms with Gasteiger partial charge in [0.25, 0.3) is 0 Å². The van der Waals surface area contributed by atoms with E-state index in [9.17, 15) is 20.1 Å². The van der Waals surface area contributed by atoms with E-state index < -0.39 is 17.3 Å². The number of Topliss-reactive ketones (excluding diaryl/α,β-unsaturated/α-hetero) is 1. The molecule has 8 heteroatoms. The molecule has 2 saturated heterocycles. The highest BCUT2D eigenvalue weighted by Crippen LogP contribution is 2.36. The number of aliphatic hydroxyl groups excluding tert-OH is 1. The maximum absolute atomic E-state index is 13.0. The lowest BCUT2D eigenvalue weighted by atomic mass is 9.83. The van der Waals surface area contributed by atoms with E-state index in [1.54, 1.807) is 0 Å². The van der Waals surface area contributed by atoms with Crippen molar-refractivity contribution in [3.63, 3.8) is 0 Å². The van der Waals surface area contributed by atoms with Crippen molar-refractivity contribution in [1.82, 2.24) is 9.80 Å². The Morgan fingerprint density at radius 2 is 0.850 bits per heavy atom. The predicted octanol–water partition coefficient (Wildman–Crippen LogP) is 9.92. The molecular formula is C52H56N2O6. The fourth-order valence-electron chi connectivity index (χ4n) is 8.21. The lowest BCUT2D eigenvalue weighted by molar-refractivity contribution is -0.0501. The van der Waals surface area contributed by atoms with Crippen LogP contribution in [0.2, 0.25) is 0 Å². The minimum Gasteiger partial charge on any atom is -0.457 e. The Morgan fingerprint density at radius 1 is 0.500 bits per heavy atom. The second kappa shape index (κ2) is 19.6. The maximum atomic E-state index is 13.0. The molecule has 1 unspecified atom stereocenters. The van der Waals surface area contributed by atoms with E-state index in [-0.39, 0.29) is 17.9 Å². The van der Waals surface area contributed by atoms with E-state index in [0.717, 1.165) is 47.0 Å². The number of carbonyl (C=O) groups is 1. The highest BCUT2D eigenvalue weighted by molar-refractivity contribution is 6.00. The summed E-state index contributed by atoms with van der Waals surface area (Å²) in [4.78, 5) is 17.4. The molecule has 8 nitrogen and oxygen atoms in total. The zero-order chi connectivity index (χ0) is 42.0. The van der Waals surface area contributed by atoms with Gasteiger partial charge in [0.1, 0.15) is 23.0 Å². The highest BCUT2D eigenvalue weighted by Gasteiger charge is 2.38. The van der Waals surface area contributed by atoms with Gasteiger partial charge in [-0.05, 0) is 117 Å². The lowest BCUT2D eigenvalue weighted by Gasteiger charge is -2.42. The summed E-state index contributed by atoms with van der Waals surface area (Å²) in [6.45, 7) is 6.87. The summed E-state index contributed by atoms with van der Waals surface area (Å²) in [6, 6.07) is 53.6. The normalized spacial score (nSPS) is 17.9. The Hall–Kier alpha value is -5.61. The number of ether oxygens (including phenoxy) is 2. The number of hydrogen-bond donors (Lipinski definition) is 3. The fourth-order valence-corrected chi connectivity index (χ4v) is 8.21. The van der Waals surface area contributed by atoms with Crippen LogP contribution in [0.5, 0.6) is 23.0 Å². The van der Waals surface area contributed by atoms with Gasteiger partial charge in [-0.2, -0.15) is 0 Å². The molecule has 0 aliphatic carbocycles. The van der Waals surface area contributed by atoms with Crippen LogP contribution >= 0.6 is 0 Å². The summed E-state index contributed by atoms with van der Waals surface area (Å²) in [7, 11) is 0. The van der Waals surface area contributed by atoms with E-state index in [4.69, 9.17) is 9.47 Å². The van der Waals surface area contributed by atoms with Crippen LogP contribution in [0.1, 0.15) is 72.7 Å². The van der Waals surface area contributed by atoms with Crippen molar-refractivity contribution in [3.8, 4) is 23.0 Å². The molecule has 2 aliphatic heterocycles. The molecule has 0 saturated carbocycles. The molecule has 3 atom stereocenters. The molecule has 2 heterocycles. The second-order valence-corrected chi connectivity index (χ2v) is 16.0. The average molecular weight is 805 g/mol. The minimum absolute atomic E-state index is 0.0359. The number of nitrogens with zero attached hydrogens (tertiary/aromatic N) is 2. The first kappa shape index (κ1) is 42.5. The molecule has 3 N–H and O–H groups in total. The predicted molar refractivity (Wildman–Crippen MR) is 236 cm³/mol. The summed E-state index contributed by atoms with van der Waals surface area (Å²) in [6.07, 6.45) is 1.98. The van der Waals surface area contributed by atoms with Gasteiger partial charge in [-0.3, -0.25) is 14.6 Å². The summed E-state index contributed by atoms with van der Waals surface area (Å²) >= 11 is 0. The topological polar surface area (TPSA) is 103 Å². The summed E-state index contributed by atoms with van der Waals surface area (Å²) in [5.74, 6) is 3.10. The maximum Gasteiger partial charge on any atom is 0.179 e. The van der Waals surface area contributed by atoms with Gasteiger partial charge in [0.05, 0.1) is 23.3 Å². The molecule has 2 aliphatic rings. The van der Waals surface area contributed by atoms with Gasteiger partial charge in [0.15, 0.2) is 5.78 Å². The van der Waals surface area contributed by atoms with Gasteiger partial charge < -0.3 is 24.8 Å². The Labute approximate surface area is 354 Å². The number of aliphatic hydroxyl groups is 3. The molecule has 310 valence electrons. The SMILES string of the molecule is CC(C(=O)c1ccc(Oc2ccccc2)cc1)N1CCC(O)(c2ccccc2)CC1.C[C@@H]([C@@H](O)c1ccc(Oc2ccccc2)cc1)N1CCC(O)(c2ccccc2)CC1. The van der Waals surface area contributed by atoms with E-state index in [2.05, 4.69) is 9.80 Å². The van der Waals surface area contributed by atoms with E-state index >= 15 is 0 Å².